The molecule has 0 atom stereocenters. The molecule has 0 unspecified atom stereocenters. The summed E-state index contributed by atoms with van der Waals surface area (Å²) in [6.45, 7) is 4.51. The molecule has 1 heterocycles. The van der Waals surface area contributed by atoms with Gasteiger partial charge in [0.05, 0.1) is 5.69 Å². The molecule has 0 amide bonds. The van der Waals surface area contributed by atoms with Crippen molar-refractivity contribution >= 4 is 17.3 Å². The summed E-state index contributed by atoms with van der Waals surface area (Å²) in [5, 5.41) is 0.767. The highest BCUT2D eigenvalue weighted by Gasteiger charge is 2.19. The van der Waals surface area contributed by atoms with Gasteiger partial charge in [-0.15, -0.1) is 0 Å². The van der Waals surface area contributed by atoms with Gasteiger partial charge in [-0.2, -0.15) is 0 Å². The standard InChI is InChI=1S/C17H18ClFN2/c18-15-7-5-14(6-8-15)13-20-9-11-21(12-10-20)17-4-2-1-3-16(17)19/h1-8H,9-13H2. The van der Waals surface area contributed by atoms with E-state index in [1.165, 1.54) is 11.6 Å². The number of piperazine rings is 1. The first-order valence-electron chi connectivity index (χ1n) is 7.18. The van der Waals surface area contributed by atoms with E-state index in [2.05, 4.69) is 21.9 Å². The van der Waals surface area contributed by atoms with Crippen molar-refractivity contribution in [3.63, 3.8) is 0 Å². The average Bonchev–Trinajstić information content (AvgIpc) is 2.51. The molecular weight excluding hydrogens is 287 g/mol. The third-order valence-electron chi connectivity index (χ3n) is 3.88. The highest BCUT2D eigenvalue weighted by Crippen LogP contribution is 2.21. The monoisotopic (exact) mass is 304 g/mol. The fourth-order valence-electron chi connectivity index (χ4n) is 2.70. The van der Waals surface area contributed by atoms with E-state index in [9.17, 15) is 4.39 Å². The lowest BCUT2D eigenvalue weighted by atomic mass is 10.2. The Balaban J connectivity index is 1.58. The smallest absolute Gasteiger partial charge is 0.146 e. The molecule has 1 aliphatic heterocycles. The first-order chi connectivity index (χ1) is 10.2. The van der Waals surface area contributed by atoms with E-state index >= 15 is 0 Å². The van der Waals surface area contributed by atoms with E-state index in [1.807, 2.05) is 24.3 Å². The first kappa shape index (κ1) is 14.4. The Morgan fingerprint density at radius 2 is 1.57 bits per heavy atom. The fraction of sp³-hybridized carbons (Fsp3) is 0.294. The summed E-state index contributed by atoms with van der Waals surface area (Å²) in [6.07, 6.45) is 0. The van der Waals surface area contributed by atoms with Crippen LogP contribution in [-0.2, 0) is 6.54 Å². The molecule has 2 aromatic carbocycles. The minimum Gasteiger partial charge on any atom is -0.367 e. The van der Waals surface area contributed by atoms with Gasteiger partial charge in [-0.3, -0.25) is 4.90 Å². The van der Waals surface area contributed by atoms with Crippen LogP contribution in [0.4, 0.5) is 10.1 Å². The summed E-state index contributed by atoms with van der Waals surface area (Å²) in [7, 11) is 0. The molecule has 4 heteroatoms. The Morgan fingerprint density at radius 3 is 2.24 bits per heavy atom. The SMILES string of the molecule is Fc1ccccc1N1CCN(Cc2ccc(Cl)cc2)CC1. The zero-order valence-electron chi connectivity index (χ0n) is 11.8. The molecular formula is C17H18ClFN2. The Bertz CT molecular complexity index is 592. The van der Waals surface area contributed by atoms with Gasteiger partial charge in [-0.05, 0) is 29.8 Å². The van der Waals surface area contributed by atoms with Gasteiger partial charge < -0.3 is 4.90 Å². The van der Waals surface area contributed by atoms with Gasteiger partial charge in [0.2, 0.25) is 0 Å². The zero-order valence-corrected chi connectivity index (χ0v) is 12.6. The number of benzene rings is 2. The van der Waals surface area contributed by atoms with Crippen LogP contribution in [0.5, 0.6) is 0 Å². The number of halogens is 2. The largest absolute Gasteiger partial charge is 0.367 e. The van der Waals surface area contributed by atoms with Crippen LogP contribution in [-0.4, -0.2) is 31.1 Å². The number of rotatable bonds is 3. The molecule has 0 spiro atoms. The maximum absolute atomic E-state index is 13.8. The third kappa shape index (κ3) is 3.55. The Morgan fingerprint density at radius 1 is 0.905 bits per heavy atom. The van der Waals surface area contributed by atoms with Gasteiger partial charge >= 0.3 is 0 Å². The quantitative estimate of drug-likeness (QED) is 0.851. The van der Waals surface area contributed by atoms with Crippen molar-refractivity contribution in [1.29, 1.82) is 0 Å². The Kier molecular flexibility index (Phi) is 4.42. The predicted molar refractivity (Wildman–Crippen MR) is 85.3 cm³/mol. The van der Waals surface area contributed by atoms with Gasteiger partial charge in [0.25, 0.3) is 0 Å². The van der Waals surface area contributed by atoms with Crippen LogP contribution >= 0.6 is 11.6 Å². The predicted octanol–water partition coefficient (Wildman–Crippen LogP) is 3.80. The Hall–Kier alpha value is -1.58. The lowest BCUT2D eigenvalue weighted by Crippen LogP contribution is -2.46. The summed E-state index contributed by atoms with van der Waals surface area (Å²) < 4.78 is 13.8. The second kappa shape index (κ2) is 6.46. The summed E-state index contributed by atoms with van der Waals surface area (Å²) in [6, 6.07) is 15.0. The summed E-state index contributed by atoms with van der Waals surface area (Å²) >= 11 is 5.90. The van der Waals surface area contributed by atoms with Crippen molar-refractivity contribution < 1.29 is 4.39 Å². The topological polar surface area (TPSA) is 6.48 Å². The second-order valence-corrected chi connectivity index (χ2v) is 5.78. The molecule has 0 radical (unpaired) electrons. The molecule has 1 aliphatic rings. The molecule has 2 nitrogen and oxygen atoms in total. The van der Waals surface area contributed by atoms with Gasteiger partial charge in [0, 0.05) is 37.7 Å². The van der Waals surface area contributed by atoms with E-state index < -0.39 is 0 Å². The first-order valence-corrected chi connectivity index (χ1v) is 7.56. The minimum absolute atomic E-state index is 0.136. The fourth-order valence-corrected chi connectivity index (χ4v) is 2.83. The number of para-hydroxylation sites is 1. The number of hydrogen-bond donors (Lipinski definition) is 0. The van der Waals surface area contributed by atoms with E-state index in [0.29, 0.717) is 5.69 Å². The molecule has 0 bridgehead atoms. The van der Waals surface area contributed by atoms with Crippen LogP contribution in [0.1, 0.15) is 5.56 Å². The summed E-state index contributed by atoms with van der Waals surface area (Å²) in [5.41, 5.74) is 1.97. The molecule has 3 rings (SSSR count). The molecule has 21 heavy (non-hydrogen) atoms. The highest BCUT2D eigenvalue weighted by atomic mass is 35.5. The van der Waals surface area contributed by atoms with Crippen LogP contribution in [0.25, 0.3) is 0 Å². The van der Waals surface area contributed by atoms with Crippen LogP contribution < -0.4 is 4.90 Å². The van der Waals surface area contributed by atoms with Crippen molar-refractivity contribution in [2.24, 2.45) is 0 Å². The van der Waals surface area contributed by atoms with Crippen molar-refractivity contribution in [3.05, 3.63) is 64.9 Å². The van der Waals surface area contributed by atoms with Crippen molar-refractivity contribution in [1.82, 2.24) is 4.90 Å². The van der Waals surface area contributed by atoms with Crippen molar-refractivity contribution in [2.45, 2.75) is 6.54 Å². The molecule has 0 N–H and O–H groups in total. The maximum Gasteiger partial charge on any atom is 0.146 e. The normalized spacial score (nSPS) is 16.2. The molecule has 1 saturated heterocycles. The van der Waals surface area contributed by atoms with Crippen LogP contribution in [0.3, 0.4) is 0 Å². The van der Waals surface area contributed by atoms with Crippen LogP contribution in [0.2, 0.25) is 5.02 Å². The highest BCUT2D eigenvalue weighted by molar-refractivity contribution is 6.30. The molecule has 110 valence electrons. The van der Waals surface area contributed by atoms with Gasteiger partial charge in [0.1, 0.15) is 5.82 Å². The van der Waals surface area contributed by atoms with Gasteiger partial charge in [0.15, 0.2) is 0 Å². The summed E-state index contributed by atoms with van der Waals surface area (Å²) in [5.74, 6) is -0.136. The molecule has 0 aromatic heterocycles. The lowest BCUT2D eigenvalue weighted by Gasteiger charge is -2.36. The number of hydrogen-bond acceptors (Lipinski definition) is 2. The van der Waals surface area contributed by atoms with E-state index in [4.69, 9.17) is 11.6 Å². The van der Waals surface area contributed by atoms with E-state index in [1.54, 1.807) is 6.07 Å². The molecule has 0 aliphatic carbocycles. The van der Waals surface area contributed by atoms with Crippen molar-refractivity contribution in [2.75, 3.05) is 31.1 Å². The third-order valence-corrected chi connectivity index (χ3v) is 4.14. The lowest BCUT2D eigenvalue weighted by molar-refractivity contribution is 0.249. The van der Waals surface area contributed by atoms with E-state index in [-0.39, 0.29) is 5.82 Å². The zero-order chi connectivity index (χ0) is 14.7. The van der Waals surface area contributed by atoms with Crippen molar-refractivity contribution in [3.8, 4) is 0 Å². The maximum atomic E-state index is 13.8. The molecule has 1 fully saturated rings. The molecule has 0 saturated carbocycles. The summed E-state index contributed by atoms with van der Waals surface area (Å²) in [4.78, 5) is 4.51. The average molecular weight is 305 g/mol. The van der Waals surface area contributed by atoms with Gasteiger partial charge in [-0.25, -0.2) is 4.39 Å². The number of anilines is 1. The minimum atomic E-state index is -0.136. The van der Waals surface area contributed by atoms with Crippen LogP contribution in [0, 0.1) is 5.82 Å². The van der Waals surface area contributed by atoms with Crippen LogP contribution in [0.15, 0.2) is 48.5 Å². The number of nitrogens with zero attached hydrogens (tertiary/aromatic N) is 2. The second-order valence-electron chi connectivity index (χ2n) is 5.34. The van der Waals surface area contributed by atoms with Gasteiger partial charge in [-0.1, -0.05) is 35.9 Å². The Labute approximate surface area is 129 Å². The molecule has 2 aromatic rings. The van der Waals surface area contributed by atoms with E-state index in [0.717, 1.165) is 37.7 Å².